The van der Waals surface area contributed by atoms with E-state index in [0.717, 1.165) is 36.8 Å². The number of carbonyl (C=O) groups excluding carboxylic acids is 3. The Hall–Kier alpha value is -3.49. The highest BCUT2D eigenvalue weighted by Crippen LogP contribution is 2.67. The summed E-state index contributed by atoms with van der Waals surface area (Å²) in [5.74, 6) is 1.46. The van der Waals surface area contributed by atoms with Crippen molar-refractivity contribution in [1.82, 2.24) is 4.90 Å². The molecule has 2 aromatic carbocycles. The molecular weight excluding hydrogens is 727 g/mol. The number of esters is 1. The second-order valence-electron chi connectivity index (χ2n) is 21.1. The number of aliphatic hydroxyl groups excluding tert-OH is 1. The number of carbonyl (C=O) groups is 3. The van der Waals surface area contributed by atoms with Crippen molar-refractivity contribution < 1.29 is 34.1 Å². The molecule has 0 unspecified atom stereocenters. The highest BCUT2D eigenvalue weighted by Gasteiger charge is 2.76. The van der Waals surface area contributed by atoms with Gasteiger partial charge in [0.2, 0.25) is 0 Å². The summed E-state index contributed by atoms with van der Waals surface area (Å²) in [5, 5.41) is 24.6. The first-order valence-corrected chi connectivity index (χ1v) is 22.2. The van der Waals surface area contributed by atoms with E-state index in [1.807, 2.05) is 31.7 Å². The van der Waals surface area contributed by atoms with Gasteiger partial charge in [-0.25, -0.2) is 0 Å². The van der Waals surface area contributed by atoms with Crippen molar-refractivity contribution in [2.45, 2.75) is 149 Å². The molecule has 1 aliphatic heterocycles. The smallest absolute Gasteiger partial charge is 0.313 e. The Balaban J connectivity index is 1.21. The van der Waals surface area contributed by atoms with Gasteiger partial charge in [0.15, 0.2) is 11.4 Å². The summed E-state index contributed by atoms with van der Waals surface area (Å²) < 4.78 is 11.7. The normalized spacial score (nSPS) is 37.2. The molecule has 0 aromatic heterocycles. The van der Waals surface area contributed by atoms with Crippen LogP contribution < -0.4 is 4.74 Å². The topological polar surface area (TPSA) is 113 Å². The van der Waals surface area contributed by atoms with E-state index in [0.29, 0.717) is 86.1 Å². The quantitative estimate of drug-likeness (QED) is 0.156. The minimum Gasteiger partial charge on any atom is -0.497 e. The van der Waals surface area contributed by atoms with E-state index in [1.165, 1.54) is 12.0 Å². The van der Waals surface area contributed by atoms with E-state index in [2.05, 4.69) is 45.9 Å². The monoisotopic (exact) mass is 793 g/mol. The molecule has 6 bridgehead atoms. The van der Waals surface area contributed by atoms with E-state index in [-0.39, 0.29) is 35.5 Å². The number of ether oxygens (including phenoxy) is 2. The van der Waals surface area contributed by atoms with Gasteiger partial charge in [0.05, 0.1) is 30.8 Å². The van der Waals surface area contributed by atoms with Crippen LogP contribution in [-0.2, 0) is 20.7 Å². The molecule has 58 heavy (non-hydrogen) atoms. The Labute approximate surface area is 346 Å². The zero-order chi connectivity index (χ0) is 41.6. The molecule has 5 saturated carbocycles. The van der Waals surface area contributed by atoms with Crippen LogP contribution in [0.15, 0.2) is 54.1 Å². The standard InChI is InChI=1S/C50H67NO7/c1-31-10-9-22-47(6)40(38-20-12-32(26-36(52)17-11-31)27-39(38)42(53)33-14-18-37(57-8)19-15-33)21-23-49(47,56)30-51(29-34-13-16-35-28-41(34)45(35,2)3)43(54)50-25-24-48(7,44(55)58-50)46(50,4)5/h10,12,14-15,18-20,27,34-36,40-41,52,56H,9,11,13,16-17,21-26,28-30H2,1-8H3/t34-,35-,36-,40-,41-,47-,48-,49+,50+/m0/s1. The molecule has 10 rings (SSSR count). The van der Waals surface area contributed by atoms with Crippen molar-refractivity contribution in [2.75, 3.05) is 20.2 Å². The van der Waals surface area contributed by atoms with Gasteiger partial charge in [-0.05, 0) is 161 Å². The van der Waals surface area contributed by atoms with Crippen LogP contribution in [0.5, 0.6) is 5.75 Å². The third-order valence-electron chi connectivity index (χ3n) is 17.9. The number of nitrogens with zero attached hydrogens (tertiary/aromatic N) is 1. The summed E-state index contributed by atoms with van der Waals surface area (Å²) in [7, 11) is 1.61. The summed E-state index contributed by atoms with van der Waals surface area (Å²) in [6, 6.07) is 13.3. The van der Waals surface area contributed by atoms with Crippen LogP contribution in [0.3, 0.4) is 0 Å². The molecule has 1 saturated heterocycles. The molecule has 0 radical (unpaired) electrons. The Morgan fingerprint density at radius 3 is 2.31 bits per heavy atom. The molecule has 8 heteroatoms. The molecule has 1 amide bonds. The van der Waals surface area contributed by atoms with Crippen molar-refractivity contribution in [2.24, 2.45) is 39.4 Å². The molecular formula is C50H67NO7. The van der Waals surface area contributed by atoms with Gasteiger partial charge >= 0.3 is 5.97 Å². The van der Waals surface area contributed by atoms with Crippen molar-refractivity contribution in [3.05, 3.63) is 76.4 Å². The Bertz CT molecular complexity index is 2000. The summed E-state index contributed by atoms with van der Waals surface area (Å²) in [6.45, 7) is 15.8. The highest BCUT2D eigenvalue weighted by atomic mass is 16.6. The van der Waals surface area contributed by atoms with E-state index in [1.54, 1.807) is 31.4 Å². The van der Waals surface area contributed by atoms with Crippen LogP contribution in [0.1, 0.15) is 152 Å². The van der Waals surface area contributed by atoms with Crippen LogP contribution in [0.4, 0.5) is 0 Å². The van der Waals surface area contributed by atoms with Crippen LogP contribution in [0.2, 0.25) is 0 Å². The lowest BCUT2D eigenvalue weighted by Gasteiger charge is -2.61. The second kappa shape index (κ2) is 14.3. The first kappa shape index (κ1) is 41.3. The molecule has 9 atom stereocenters. The Morgan fingerprint density at radius 2 is 1.67 bits per heavy atom. The van der Waals surface area contributed by atoms with Crippen molar-refractivity contribution >= 4 is 17.7 Å². The SMILES string of the molecule is COc1ccc(C(=O)c2cc3ccc2[C@@H]2CC[C@@](O)(CN(C[C@@H]4CC[C@H]5C[C@@H]4C5(C)C)C(=O)[C@@]45CC[C@@](C)(C(=O)O4)C5(C)C)[C@@]2(C)CCC=C(C)CC[C@H](O)C3)cc1. The fraction of sp³-hybridized carbons (Fsp3) is 0.660. The molecule has 8 aliphatic rings. The fourth-order valence-corrected chi connectivity index (χ4v) is 13.1. The van der Waals surface area contributed by atoms with Crippen molar-refractivity contribution in [3.63, 3.8) is 0 Å². The molecule has 8 nitrogen and oxygen atoms in total. The molecule has 6 fully saturated rings. The van der Waals surface area contributed by atoms with E-state index < -0.39 is 33.6 Å². The lowest BCUT2D eigenvalue weighted by atomic mass is 9.45. The molecule has 2 aromatic rings. The minimum atomic E-state index is -1.29. The predicted octanol–water partition coefficient (Wildman–Crippen LogP) is 8.99. The predicted molar refractivity (Wildman–Crippen MR) is 224 cm³/mol. The summed E-state index contributed by atoms with van der Waals surface area (Å²) in [5.41, 5.74) is -0.352. The van der Waals surface area contributed by atoms with Gasteiger partial charge in [-0.15, -0.1) is 0 Å². The van der Waals surface area contributed by atoms with Crippen LogP contribution >= 0.6 is 0 Å². The number of rotatable bonds is 8. The number of methoxy groups -OCH3 is 1. The number of ketones is 1. The lowest BCUT2D eigenvalue weighted by Crippen LogP contribution is -2.62. The number of benzene rings is 2. The number of fused-ring (bicyclic) bond motifs is 12. The van der Waals surface area contributed by atoms with Crippen molar-refractivity contribution in [3.8, 4) is 5.75 Å². The Morgan fingerprint density at radius 1 is 0.931 bits per heavy atom. The number of allylic oxidation sites excluding steroid dienone is 2. The van der Waals surface area contributed by atoms with Gasteiger partial charge in [-0.3, -0.25) is 14.4 Å². The maximum absolute atomic E-state index is 15.5. The highest BCUT2D eigenvalue weighted by molar-refractivity contribution is 6.10. The average Bonchev–Trinajstić information content (AvgIpc) is 3.63. The van der Waals surface area contributed by atoms with Gasteiger partial charge in [0, 0.05) is 28.5 Å². The minimum absolute atomic E-state index is 0.0983. The zero-order valence-corrected chi connectivity index (χ0v) is 36.3. The van der Waals surface area contributed by atoms with E-state index in [9.17, 15) is 19.8 Å². The van der Waals surface area contributed by atoms with Crippen LogP contribution in [-0.4, -0.2) is 70.3 Å². The van der Waals surface area contributed by atoms with Crippen LogP contribution in [0, 0.1) is 39.4 Å². The summed E-state index contributed by atoms with van der Waals surface area (Å²) in [4.78, 5) is 45.6. The average molecular weight is 794 g/mol. The molecule has 0 spiro atoms. The molecule has 7 aliphatic carbocycles. The fourth-order valence-electron chi connectivity index (χ4n) is 13.1. The maximum Gasteiger partial charge on any atom is 0.313 e. The Kier molecular flexibility index (Phi) is 10.2. The summed E-state index contributed by atoms with van der Waals surface area (Å²) in [6.07, 6.45) is 10.5. The number of aliphatic hydroxyl groups is 2. The van der Waals surface area contributed by atoms with Gasteiger partial charge in [0.25, 0.3) is 5.91 Å². The van der Waals surface area contributed by atoms with E-state index in [4.69, 9.17) is 9.47 Å². The van der Waals surface area contributed by atoms with Gasteiger partial charge < -0.3 is 24.6 Å². The second-order valence-corrected chi connectivity index (χ2v) is 21.1. The zero-order valence-electron chi connectivity index (χ0n) is 36.3. The molecule has 2 N–H and O–H groups in total. The van der Waals surface area contributed by atoms with Gasteiger partial charge in [0.1, 0.15) is 5.75 Å². The van der Waals surface area contributed by atoms with Crippen molar-refractivity contribution in [1.29, 1.82) is 0 Å². The van der Waals surface area contributed by atoms with Crippen LogP contribution in [0.25, 0.3) is 0 Å². The number of hydrogen-bond acceptors (Lipinski definition) is 7. The van der Waals surface area contributed by atoms with Gasteiger partial charge in [-0.1, -0.05) is 58.4 Å². The third-order valence-corrected chi connectivity index (χ3v) is 17.9. The number of amides is 1. The number of hydrogen-bond donors (Lipinski definition) is 2. The molecule has 1 heterocycles. The third kappa shape index (κ3) is 6.15. The largest absolute Gasteiger partial charge is 0.497 e. The maximum atomic E-state index is 15.5. The first-order valence-electron chi connectivity index (χ1n) is 22.2. The molecule has 314 valence electrons. The summed E-state index contributed by atoms with van der Waals surface area (Å²) >= 11 is 0. The van der Waals surface area contributed by atoms with E-state index >= 15 is 4.79 Å². The van der Waals surface area contributed by atoms with Gasteiger partial charge in [-0.2, -0.15) is 0 Å². The first-order chi connectivity index (χ1) is 27.3. The lowest BCUT2D eigenvalue weighted by molar-refractivity contribution is -0.181.